The van der Waals surface area contributed by atoms with Crippen LogP contribution in [-0.2, 0) is 25.6 Å². The maximum Gasteiger partial charge on any atom is -0.0253 e. The second-order valence-corrected chi connectivity index (χ2v) is 8.02. The summed E-state index contributed by atoms with van der Waals surface area (Å²) in [6.07, 6.45) is 11.0. The fourth-order valence-electron chi connectivity index (χ4n) is 3.52. The van der Waals surface area contributed by atoms with E-state index in [4.69, 9.17) is 10.2 Å². The quantitative estimate of drug-likeness (QED) is 0.160. The van der Waals surface area contributed by atoms with E-state index < -0.39 is 23.6 Å². The predicted octanol–water partition coefficient (Wildman–Crippen LogP) is 7.39. The molecular weight excluding hydrogens is 586 g/mol. The van der Waals surface area contributed by atoms with Gasteiger partial charge in [0.1, 0.15) is 11.6 Å². The number of halogens is 2. The van der Waals surface area contributed by atoms with E-state index in [9.17, 15) is 18.4 Å². The number of carboxylic acids is 2. The van der Waals surface area contributed by atoms with Gasteiger partial charge >= 0.3 is 38.7 Å². The van der Waals surface area contributed by atoms with Crippen molar-refractivity contribution in [3.8, 4) is 11.1 Å². The van der Waals surface area contributed by atoms with Crippen LogP contribution in [-0.4, -0.2) is 29.8 Å². The zero-order chi connectivity index (χ0) is 29.3. The molecule has 0 atom stereocenters. The Labute approximate surface area is 260 Å². The Kier molecular flexibility index (Phi) is 18.9. The molecule has 4 aromatic rings. The molecule has 2 N–H and O–H groups in total. The first kappa shape index (κ1) is 38.1. The van der Waals surface area contributed by atoms with Crippen LogP contribution in [0.1, 0.15) is 38.3 Å². The van der Waals surface area contributed by atoms with Crippen LogP contribution in [0.25, 0.3) is 11.1 Å². The number of aromatic carboxylic acids is 2. The summed E-state index contributed by atoms with van der Waals surface area (Å²) in [7, 11) is 1.86. The second-order valence-electron chi connectivity index (χ2n) is 8.02. The van der Waals surface area contributed by atoms with Crippen molar-refractivity contribution in [1.29, 1.82) is 0 Å². The molecule has 4 nitrogen and oxygen atoms in total. The summed E-state index contributed by atoms with van der Waals surface area (Å²) in [5, 5.41) is 16.7. The fourth-order valence-corrected chi connectivity index (χ4v) is 3.52. The van der Waals surface area contributed by atoms with Gasteiger partial charge in [-0.05, 0) is 55.0 Å². The summed E-state index contributed by atoms with van der Waals surface area (Å²) in [4.78, 5) is 20.4. The molecule has 2 aliphatic rings. The molecule has 0 bridgehead atoms. The van der Waals surface area contributed by atoms with Crippen LogP contribution in [0.3, 0.4) is 0 Å². The number of allylic oxidation sites excluding steroid dienone is 4. The van der Waals surface area contributed by atoms with Crippen molar-refractivity contribution >= 4 is 19.6 Å². The third-order valence-corrected chi connectivity index (χ3v) is 5.38. The minimum atomic E-state index is -1.04. The summed E-state index contributed by atoms with van der Waals surface area (Å²) >= 11 is 2.03. The minimum Gasteiger partial charge on any atom is -0.179 e. The minimum absolute atomic E-state index is 0. The standard InChI is InChI=1S/C13H9.2C7H5FO2.C5H5.2CH3.H2Si.Ti/c1-3-7-12-10(5-1)9-11-6-2-4-8-13(11)12;2*8-6-3-1-5(2-4-6)7(9)10;1-2-4-5-3-1;;;;/h1-5,7-8H,9H2;2*1-4H,(H,9,10);1-3H,4H2;2*1H3;1H2;/q-1;;;3*-1;;. The van der Waals surface area contributed by atoms with Crippen LogP contribution < -0.4 is 0 Å². The van der Waals surface area contributed by atoms with Gasteiger partial charge < -0.3 is 25.1 Å². The molecule has 0 aliphatic heterocycles. The zero-order valence-electron chi connectivity index (χ0n) is 23.5. The van der Waals surface area contributed by atoms with Gasteiger partial charge in [0.15, 0.2) is 0 Å². The first-order chi connectivity index (χ1) is 19.3. The maximum absolute atomic E-state index is 12.2. The Hall–Kier alpha value is -3.91. The molecule has 4 aromatic carbocycles. The maximum atomic E-state index is 12.2. The Morgan fingerprint density at radius 3 is 1.67 bits per heavy atom. The van der Waals surface area contributed by atoms with E-state index >= 15 is 0 Å². The average Bonchev–Trinajstić information content (AvgIpc) is 3.68. The van der Waals surface area contributed by atoms with Gasteiger partial charge in [-0.1, -0.05) is 35.4 Å². The van der Waals surface area contributed by atoms with Gasteiger partial charge in [0.2, 0.25) is 0 Å². The topological polar surface area (TPSA) is 74.6 Å². The van der Waals surface area contributed by atoms with E-state index in [1.54, 1.807) is 0 Å². The predicted molar refractivity (Wildman–Crippen MR) is 163 cm³/mol. The molecular formula is C34H32F2O4SiTi-4. The van der Waals surface area contributed by atoms with Crippen molar-refractivity contribution in [2.45, 2.75) is 12.8 Å². The number of benzene rings is 4. The number of fused-ring (bicyclic) bond motifs is 3. The van der Waals surface area contributed by atoms with Crippen LogP contribution in [0.4, 0.5) is 8.78 Å². The molecule has 0 amide bonds. The largest absolute Gasteiger partial charge is 0.179 e. The molecule has 0 aromatic heterocycles. The first-order valence-electron chi connectivity index (χ1n) is 12.0. The third kappa shape index (κ3) is 12.7. The van der Waals surface area contributed by atoms with Crippen LogP contribution in [0.2, 0.25) is 0 Å². The summed E-state index contributed by atoms with van der Waals surface area (Å²) < 4.78 is 24.3. The molecule has 8 heteroatoms. The molecule has 218 valence electrons. The van der Waals surface area contributed by atoms with Crippen molar-refractivity contribution < 1.29 is 47.8 Å². The van der Waals surface area contributed by atoms with E-state index in [1.165, 1.54) is 46.5 Å². The number of carbonyl (C=O) groups is 2. The molecule has 0 saturated carbocycles. The van der Waals surface area contributed by atoms with Gasteiger partial charge in [0, 0.05) is 0 Å². The molecule has 2 aliphatic carbocycles. The molecule has 42 heavy (non-hydrogen) atoms. The van der Waals surface area contributed by atoms with Crippen LogP contribution in [0, 0.1) is 38.6 Å². The molecule has 0 saturated heterocycles. The van der Waals surface area contributed by atoms with E-state index in [1.807, 2.05) is 45.0 Å². The molecule has 0 heterocycles. The zero-order valence-corrected chi connectivity index (χ0v) is 26.5. The molecule has 0 unspecified atom stereocenters. The fraction of sp³-hybridized carbons (Fsp3) is 0.0588. The Morgan fingerprint density at radius 1 is 0.738 bits per heavy atom. The first-order valence-corrected chi connectivity index (χ1v) is 16.0. The molecule has 0 fully saturated rings. The molecule has 0 radical (unpaired) electrons. The number of hydrogen-bond acceptors (Lipinski definition) is 2. The molecule has 0 spiro atoms. The van der Waals surface area contributed by atoms with Crippen molar-refractivity contribution in [2.75, 3.05) is 0 Å². The van der Waals surface area contributed by atoms with Crippen LogP contribution in [0.5, 0.6) is 0 Å². The van der Waals surface area contributed by atoms with E-state index in [0.29, 0.717) is 0 Å². The second kappa shape index (κ2) is 20.9. The van der Waals surface area contributed by atoms with Gasteiger partial charge in [0.05, 0.1) is 11.1 Å². The third-order valence-electron chi connectivity index (χ3n) is 5.38. The van der Waals surface area contributed by atoms with Crippen molar-refractivity contribution in [1.82, 2.24) is 0 Å². The van der Waals surface area contributed by atoms with Gasteiger partial charge in [-0.25, -0.2) is 30.5 Å². The monoisotopic (exact) mass is 618 g/mol. The summed E-state index contributed by atoms with van der Waals surface area (Å²) in [6, 6.07) is 27.4. The number of rotatable bonds is 2. The van der Waals surface area contributed by atoms with Crippen molar-refractivity contribution in [3.05, 3.63) is 170 Å². The van der Waals surface area contributed by atoms with E-state index in [0.717, 1.165) is 37.1 Å². The number of hydrogen-bond donors (Lipinski definition) is 2. The summed E-state index contributed by atoms with van der Waals surface area (Å²) in [6.45, 7) is 0. The van der Waals surface area contributed by atoms with Gasteiger partial charge in [-0.15, -0.1) is 12.0 Å². The van der Waals surface area contributed by atoms with Crippen LogP contribution >= 0.6 is 0 Å². The molecule has 6 rings (SSSR count). The van der Waals surface area contributed by atoms with E-state index in [-0.39, 0.29) is 26.0 Å². The van der Waals surface area contributed by atoms with E-state index in [2.05, 4.69) is 54.6 Å². The van der Waals surface area contributed by atoms with Crippen molar-refractivity contribution in [3.63, 3.8) is 0 Å². The summed E-state index contributed by atoms with van der Waals surface area (Å²) in [5.41, 5.74) is 5.71. The average molecular weight is 619 g/mol. The smallest absolute Gasteiger partial charge is 0.0253 e. The SMILES string of the molecule is O=C(O)c1ccc(F)cc1.O=C(O)c1ccc(F)cc1.[C-]1=CC=CC1.[CH3-].[CH3-].[SiH2]=[Ti].[c-]1cccc2c1Cc1ccccc1-2. The number of carboxylic acid groups (broad SMARTS) is 2. The Bertz CT molecular complexity index is 1340. The van der Waals surface area contributed by atoms with Crippen molar-refractivity contribution in [2.24, 2.45) is 0 Å². The normalized spacial score (nSPS) is 10.4. The van der Waals surface area contributed by atoms with Gasteiger partial charge in [0.25, 0.3) is 0 Å². The summed E-state index contributed by atoms with van der Waals surface area (Å²) in [5.74, 6) is -2.94. The van der Waals surface area contributed by atoms with Gasteiger partial charge in [-0.3, -0.25) is 6.08 Å². The Balaban J connectivity index is 0.000000534. The van der Waals surface area contributed by atoms with Crippen LogP contribution in [0.15, 0.2) is 109 Å². The van der Waals surface area contributed by atoms with Gasteiger partial charge in [-0.2, -0.15) is 35.9 Å². The Morgan fingerprint density at radius 2 is 1.24 bits per heavy atom.